The van der Waals surface area contributed by atoms with E-state index in [1.54, 1.807) is 6.07 Å². The van der Waals surface area contributed by atoms with Crippen LogP contribution in [0.25, 0.3) is 10.8 Å². The van der Waals surface area contributed by atoms with Crippen molar-refractivity contribution in [3.8, 4) is 0 Å². The molecular weight excluding hydrogens is 510 g/mol. The SMILES string of the molecule is CC[C@H](CN1CC[C@@H](CNC(=O)c2ccc3cc(Cl)ccc3c2)N[C@@H](CCCC(=N)N)C1=O)c1ccccc1. The van der Waals surface area contributed by atoms with Crippen LogP contribution in [0.15, 0.2) is 66.7 Å². The average Bonchev–Trinajstić information content (AvgIpc) is 3.08. The molecule has 1 fully saturated rings. The summed E-state index contributed by atoms with van der Waals surface area (Å²) in [7, 11) is 0. The van der Waals surface area contributed by atoms with Gasteiger partial charge in [-0.1, -0.05) is 61.0 Å². The summed E-state index contributed by atoms with van der Waals surface area (Å²) in [5, 5.41) is 16.7. The third-order valence-corrected chi connectivity index (χ3v) is 7.75. The Kier molecular flexibility index (Phi) is 9.96. The van der Waals surface area contributed by atoms with Gasteiger partial charge in [0.05, 0.1) is 11.9 Å². The van der Waals surface area contributed by atoms with Gasteiger partial charge in [0.2, 0.25) is 5.91 Å². The van der Waals surface area contributed by atoms with Crippen molar-refractivity contribution in [2.24, 2.45) is 5.73 Å². The first kappa shape index (κ1) is 28.6. The number of nitrogens with two attached hydrogens (primary N) is 1. The molecule has 206 valence electrons. The predicted molar refractivity (Wildman–Crippen MR) is 158 cm³/mol. The van der Waals surface area contributed by atoms with Crippen LogP contribution in [0.5, 0.6) is 0 Å². The summed E-state index contributed by atoms with van der Waals surface area (Å²) < 4.78 is 0. The molecule has 3 atom stereocenters. The van der Waals surface area contributed by atoms with Crippen molar-refractivity contribution >= 4 is 40.0 Å². The second-order valence-corrected chi connectivity index (χ2v) is 10.8. The van der Waals surface area contributed by atoms with Crippen molar-refractivity contribution in [2.75, 3.05) is 19.6 Å². The van der Waals surface area contributed by atoms with E-state index in [9.17, 15) is 9.59 Å². The number of rotatable bonds is 11. The Morgan fingerprint density at radius 1 is 1.15 bits per heavy atom. The van der Waals surface area contributed by atoms with Crippen molar-refractivity contribution in [3.63, 3.8) is 0 Å². The third kappa shape index (κ3) is 7.80. The lowest BCUT2D eigenvalue weighted by Crippen LogP contribution is -2.49. The van der Waals surface area contributed by atoms with E-state index in [1.165, 1.54) is 5.56 Å². The monoisotopic (exact) mass is 547 g/mol. The summed E-state index contributed by atoms with van der Waals surface area (Å²) in [6.45, 7) is 3.85. The van der Waals surface area contributed by atoms with Crippen LogP contribution in [0.2, 0.25) is 5.02 Å². The van der Waals surface area contributed by atoms with Gasteiger partial charge >= 0.3 is 0 Å². The number of amides is 2. The molecule has 1 aliphatic heterocycles. The Morgan fingerprint density at radius 2 is 1.90 bits per heavy atom. The molecule has 1 saturated heterocycles. The van der Waals surface area contributed by atoms with Gasteiger partial charge in [0.15, 0.2) is 0 Å². The number of hydrogen-bond acceptors (Lipinski definition) is 4. The van der Waals surface area contributed by atoms with Gasteiger partial charge in [-0.2, -0.15) is 0 Å². The molecule has 8 heteroatoms. The highest BCUT2D eigenvalue weighted by Crippen LogP contribution is 2.23. The van der Waals surface area contributed by atoms with Crippen LogP contribution < -0.4 is 16.4 Å². The molecule has 0 unspecified atom stereocenters. The molecule has 1 aliphatic rings. The zero-order valence-electron chi connectivity index (χ0n) is 22.5. The Morgan fingerprint density at radius 3 is 2.64 bits per heavy atom. The highest BCUT2D eigenvalue weighted by Gasteiger charge is 2.32. The van der Waals surface area contributed by atoms with Crippen molar-refractivity contribution in [1.82, 2.24) is 15.5 Å². The molecule has 3 aromatic rings. The quantitative estimate of drug-likeness (QED) is 0.198. The van der Waals surface area contributed by atoms with Crippen molar-refractivity contribution in [3.05, 3.63) is 82.9 Å². The minimum atomic E-state index is -0.382. The normalized spacial score (nSPS) is 18.5. The molecule has 7 nitrogen and oxygen atoms in total. The molecular formula is C31H38ClN5O2. The van der Waals surface area contributed by atoms with Gasteiger partial charge in [0.1, 0.15) is 0 Å². The van der Waals surface area contributed by atoms with E-state index < -0.39 is 0 Å². The number of hydrogen-bond donors (Lipinski definition) is 4. The predicted octanol–water partition coefficient (Wildman–Crippen LogP) is 5.08. The standard InChI is InChI=1S/C31H38ClN5O2/c1-2-21(22-7-4-3-5-8-22)20-37-16-15-27(36-28(31(37)39)9-6-10-29(33)34)19-35-30(38)25-12-11-24-18-26(32)14-13-23(24)17-25/h3-5,7-8,11-14,17-18,21,27-28,36H,2,6,9-10,15-16,19-20H2,1H3,(H3,33,34)(H,35,38)/t21-,27+,28+/m1/s1. The first-order valence-electron chi connectivity index (χ1n) is 13.7. The van der Waals surface area contributed by atoms with E-state index in [1.807, 2.05) is 53.4 Å². The van der Waals surface area contributed by atoms with Gasteiger partial charge < -0.3 is 21.3 Å². The van der Waals surface area contributed by atoms with E-state index in [2.05, 4.69) is 29.7 Å². The van der Waals surface area contributed by atoms with Crippen LogP contribution in [0.3, 0.4) is 0 Å². The summed E-state index contributed by atoms with van der Waals surface area (Å²) in [4.78, 5) is 28.6. The van der Waals surface area contributed by atoms with Crippen molar-refractivity contribution < 1.29 is 9.59 Å². The first-order chi connectivity index (χ1) is 18.8. The Bertz CT molecular complexity index is 1300. The maximum absolute atomic E-state index is 13.6. The molecule has 3 aromatic carbocycles. The smallest absolute Gasteiger partial charge is 0.251 e. The third-order valence-electron chi connectivity index (χ3n) is 7.51. The van der Waals surface area contributed by atoms with Crippen molar-refractivity contribution in [2.45, 2.75) is 57.0 Å². The number of fused-ring (bicyclic) bond motifs is 1. The molecule has 1 heterocycles. The Hall–Kier alpha value is -3.42. The second-order valence-electron chi connectivity index (χ2n) is 10.3. The second kappa shape index (κ2) is 13.6. The topological polar surface area (TPSA) is 111 Å². The molecule has 0 spiro atoms. The number of carbonyl (C=O) groups is 2. The van der Waals surface area contributed by atoms with Gasteiger partial charge in [-0.15, -0.1) is 0 Å². The van der Waals surface area contributed by atoms with Crippen LogP contribution in [0.4, 0.5) is 0 Å². The number of amidine groups is 1. The molecule has 0 radical (unpaired) electrons. The van der Waals surface area contributed by atoms with E-state index in [0.717, 1.165) is 23.6 Å². The summed E-state index contributed by atoms with van der Waals surface area (Å²) in [6.07, 6.45) is 3.38. The molecule has 0 bridgehead atoms. The summed E-state index contributed by atoms with van der Waals surface area (Å²) in [6, 6.07) is 21.1. The minimum Gasteiger partial charge on any atom is -0.388 e. The van der Waals surface area contributed by atoms with E-state index in [-0.39, 0.29) is 35.7 Å². The molecule has 5 N–H and O–H groups in total. The molecule has 0 aromatic heterocycles. The number of nitrogens with zero attached hydrogens (tertiary/aromatic N) is 1. The van der Waals surface area contributed by atoms with Gasteiger partial charge in [0.25, 0.3) is 5.91 Å². The van der Waals surface area contributed by atoms with E-state index >= 15 is 0 Å². The zero-order valence-corrected chi connectivity index (χ0v) is 23.2. The van der Waals surface area contributed by atoms with Gasteiger partial charge in [-0.25, -0.2) is 0 Å². The lowest BCUT2D eigenvalue weighted by molar-refractivity contribution is -0.133. The Labute approximate surface area is 235 Å². The fraction of sp³-hybridized carbons (Fsp3) is 0.387. The van der Waals surface area contributed by atoms with Crippen molar-refractivity contribution in [1.29, 1.82) is 5.41 Å². The van der Waals surface area contributed by atoms with E-state index in [4.69, 9.17) is 22.7 Å². The molecule has 0 saturated carbocycles. The maximum atomic E-state index is 13.6. The van der Waals surface area contributed by atoms with Gasteiger partial charge in [0, 0.05) is 48.6 Å². The maximum Gasteiger partial charge on any atom is 0.251 e. The first-order valence-corrected chi connectivity index (χ1v) is 14.1. The van der Waals surface area contributed by atoms with Crippen LogP contribution >= 0.6 is 11.6 Å². The highest BCUT2D eigenvalue weighted by atomic mass is 35.5. The molecule has 2 amide bonds. The largest absolute Gasteiger partial charge is 0.388 e. The van der Waals surface area contributed by atoms with Crippen LogP contribution in [0.1, 0.15) is 60.9 Å². The Balaban J connectivity index is 1.43. The molecule has 0 aliphatic carbocycles. The lowest BCUT2D eigenvalue weighted by Gasteiger charge is -2.28. The fourth-order valence-corrected chi connectivity index (χ4v) is 5.44. The van der Waals surface area contributed by atoms with Gasteiger partial charge in [-0.3, -0.25) is 15.0 Å². The number of benzene rings is 3. The van der Waals surface area contributed by atoms with Crippen LogP contribution in [0, 0.1) is 5.41 Å². The highest BCUT2D eigenvalue weighted by molar-refractivity contribution is 6.31. The fourth-order valence-electron chi connectivity index (χ4n) is 5.26. The summed E-state index contributed by atoms with van der Waals surface area (Å²) >= 11 is 6.09. The molecule has 4 rings (SSSR count). The number of halogens is 1. The minimum absolute atomic E-state index is 0.0544. The van der Waals surface area contributed by atoms with Crippen LogP contribution in [-0.2, 0) is 4.79 Å². The van der Waals surface area contributed by atoms with E-state index in [0.29, 0.717) is 49.5 Å². The van der Waals surface area contributed by atoms with Gasteiger partial charge in [-0.05, 0) is 66.3 Å². The summed E-state index contributed by atoms with van der Waals surface area (Å²) in [5.41, 5.74) is 7.39. The molecule has 39 heavy (non-hydrogen) atoms. The number of nitrogens with one attached hydrogen (secondary N) is 3. The van der Waals surface area contributed by atoms with Crippen LogP contribution in [-0.4, -0.2) is 54.3 Å². The average molecular weight is 548 g/mol. The summed E-state index contributed by atoms with van der Waals surface area (Å²) in [5.74, 6) is 0.316. The zero-order chi connectivity index (χ0) is 27.8. The number of carbonyl (C=O) groups excluding carboxylic acids is 2. The lowest BCUT2D eigenvalue weighted by atomic mass is 9.95.